The van der Waals surface area contributed by atoms with Crippen molar-refractivity contribution in [1.82, 2.24) is 15.1 Å². The zero-order chi connectivity index (χ0) is 15.2. The summed E-state index contributed by atoms with van der Waals surface area (Å²) < 4.78 is 20.9. The summed E-state index contributed by atoms with van der Waals surface area (Å²) in [7, 11) is 3.54. The van der Waals surface area contributed by atoms with Crippen LogP contribution in [-0.4, -0.2) is 30.0 Å². The number of rotatable bonds is 7. The van der Waals surface area contributed by atoms with Crippen LogP contribution in [0.2, 0.25) is 0 Å². The van der Waals surface area contributed by atoms with Crippen LogP contribution in [0.15, 0.2) is 34.2 Å². The number of hydrogen-bond acceptors (Lipinski definition) is 4. The molecular weight excluding hydrogens is 289 g/mol. The summed E-state index contributed by atoms with van der Waals surface area (Å²) in [6.45, 7) is 3.73. The number of nitrogens with one attached hydrogen (secondary N) is 1. The first-order chi connectivity index (χ1) is 10.1. The second-order valence-corrected chi connectivity index (χ2v) is 5.80. The van der Waals surface area contributed by atoms with E-state index in [-0.39, 0.29) is 5.82 Å². The van der Waals surface area contributed by atoms with Gasteiger partial charge in [0.2, 0.25) is 0 Å². The van der Waals surface area contributed by atoms with Crippen LogP contribution in [0.1, 0.15) is 11.3 Å². The van der Waals surface area contributed by atoms with Crippen LogP contribution in [0.3, 0.4) is 0 Å². The molecule has 0 radical (unpaired) electrons. The van der Waals surface area contributed by atoms with Crippen LogP contribution in [0.4, 0.5) is 4.39 Å². The van der Waals surface area contributed by atoms with Gasteiger partial charge in [0.1, 0.15) is 5.82 Å². The molecule has 2 aromatic rings. The molecule has 1 heterocycles. The van der Waals surface area contributed by atoms with Crippen LogP contribution in [-0.2, 0) is 18.3 Å². The predicted octanol–water partition coefficient (Wildman–Crippen LogP) is 2.75. The standard InChI is InChI=1S/C15H20FN3OS/c1-11-9-15(19(2)18-11)21-14-6-4-5-13(16)12(14)10-17-7-8-20-3/h4-6,9,17H,7-8,10H2,1-3H3. The average molecular weight is 309 g/mol. The van der Waals surface area contributed by atoms with Crippen LogP contribution in [0.5, 0.6) is 0 Å². The molecule has 0 saturated carbocycles. The molecule has 21 heavy (non-hydrogen) atoms. The Kier molecular flexibility index (Phi) is 5.78. The number of hydrogen-bond donors (Lipinski definition) is 1. The zero-order valence-corrected chi connectivity index (χ0v) is 13.3. The monoisotopic (exact) mass is 309 g/mol. The molecule has 0 atom stereocenters. The molecule has 0 amide bonds. The van der Waals surface area contributed by atoms with Crippen LogP contribution >= 0.6 is 11.8 Å². The van der Waals surface area contributed by atoms with E-state index in [0.29, 0.717) is 25.3 Å². The Balaban J connectivity index is 2.15. The van der Waals surface area contributed by atoms with E-state index in [4.69, 9.17) is 4.74 Å². The lowest BCUT2D eigenvalue weighted by atomic mass is 10.2. The van der Waals surface area contributed by atoms with Gasteiger partial charge in [-0.1, -0.05) is 17.8 Å². The molecule has 0 fully saturated rings. The Morgan fingerprint density at radius 2 is 2.24 bits per heavy atom. The summed E-state index contributed by atoms with van der Waals surface area (Å²) in [6, 6.07) is 7.16. The smallest absolute Gasteiger partial charge is 0.128 e. The van der Waals surface area contributed by atoms with E-state index in [0.717, 1.165) is 15.6 Å². The lowest BCUT2D eigenvalue weighted by Crippen LogP contribution is -2.19. The molecule has 114 valence electrons. The van der Waals surface area contributed by atoms with Crippen molar-refractivity contribution in [2.24, 2.45) is 7.05 Å². The lowest BCUT2D eigenvalue weighted by molar-refractivity contribution is 0.199. The highest BCUT2D eigenvalue weighted by atomic mass is 32.2. The first-order valence-corrected chi connectivity index (χ1v) is 7.59. The molecule has 0 aliphatic rings. The number of halogens is 1. The summed E-state index contributed by atoms with van der Waals surface area (Å²) in [4.78, 5) is 0.905. The minimum atomic E-state index is -0.191. The Labute approximate surface area is 128 Å². The molecule has 0 unspecified atom stereocenters. The van der Waals surface area contributed by atoms with Crippen molar-refractivity contribution in [2.75, 3.05) is 20.3 Å². The molecule has 6 heteroatoms. The molecule has 0 bridgehead atoms. The second kappa shape index (κ2) is 7.59. The van der Waals surface area contributed by atoms with E-state index in [2.05, 4.69) is 10.4 Å². The number of methoxy groups -OCH3 is 1. The molecule has 1 aromatic carbocycles. The molecular formula is C15H20FN3OS. The fourth-order valence-corrected chi connectivity index (χ4v) is 3.06. The van der Waals surface area contributed by atoms with Crippen LogP contribution in [0.25, 0.3) is 0 Å². The third kappa shape index (κ3) is 4.30. The molecule has 0 spiro atoms. The van der Waals surface area contributed by atoms with Crippen molar-refractivity contribution in [3.63, 3.8) is 0 Å². The highest BCUT2D eigenvalue weighted by Crippen LogP contribution is 2.31. The van der Waals surface area contributed by atoms with Gasteiger partial charge >= 0.3 is 0 Å². The summed E-state index contributed by atoms with van der Waals surface area (Å²) in [5, 5.41) is 8.50. The van der Waals surface area contributed by atoms with Gasteiger partial charge in [0, 0.05) is 37.7 Å². The van der Waals surface area contributed by atoms with Gasteiger partial charge in [-0.05, 0) is 25.1 Å². The molecule has 1 aromatic heterocycles. The van der Waals surface area contributed by atoms with E-state index < -0.39 is 0 Å². The van der Waals surface area contributed by atoms with Gasteiger partial charge in [-0.25, -0.2) is 4.39 Å². The maximum Gasteiger partial charge on any atom is 0.128 e. The fourth-order valence-electron chi connectivity index (χ4n) is 1.99. The zero-order valence-electron chi connectivity index (χ0n) is 12.5. The number of benzene rings is 1. The van der Waals surface area contributed by atoms with Gasteiger partial charge in [-0.2, -0.15) is 5.10 Å². The fraction of sp³-hybridized carbons (Fsp3) is 0.400. The van der Waals surface area contributed by atoms with Crippen molar-refractivity contribution in [3.8, 4) is 0 Å². The third-order valence-corrected chi connectivity index (χ3v) is 4.23. The van der Waals surface area contributed by atoms with E-state index >= 15 is 0 Å². The second-order valence-electron chi connectivity index (χ2n) is 4.74. The number of nitrogens with zero attached hydrogens (tertiary/aromatic N) is 2. The van der Waals surface area contributed by atoms with E-state index in [1.54, 1.807) is 13.2 Å². The number of ether oxygens (including phenoxy) is 1. The minimum absolute atomic E-state index is 0.191. The Morgan fingerprint density at radius 1 is 1.43 bits per heavy atom. The topological polar surface area (TPSA) is 39.1 Å². The molecule has 4 nitrogen and oxygen atoms in total. The van der Waals surface area contributed by atoms with Crippen LogP contribution in [0, 0.1) is 12.7 Å². The van der Waals surface area contributed by atoms with Gasteiger partial charge < -0.3 is 10.1 Å². The molecule has 2 rings (SSSR count). The predicted molar refractivity (Wildman–Crippen MR) is 82.1 cm³/mol. The average Bonchev–Trinajstić information content (AvgIpc) is 2.75. The minimum Gasteiger partial charge on any atom is -0.383 e. The molecule has 1 N–H and O–H groups in total. The van der Waals surface area contributed by atoms with Gasteiger partial charge in [-0.15, -0.1) is 0 Å². The van der Waals surface area contributed by atoms with Crippen molar-refractivity contribution in [1.29, 1.82) is 0 Å². The number of aryl methyl sites for hydroxylation is 2. The van der Waals surface area contributed by atoms with Gasteiger partial charge in [-0.3, -0.25) is 4.68 Å². The third-order valence-electron chi connectivity index (χ3n) is 3.03. The van der Waals surface area contributed by atoms with Crippen molar-refractivity contribution < 1.29 is 9.13 Å². The molecule has 0 saturated heterocycles. The normalized spacial score (nSPS) is 11.0. The highest BCUT2D eigenvalue weighted by Gasteiger charge is 2.12. The van der Waals surface area contributed by atoms with E-state index in [1.165, 1.54) is 17.8 Å². The maximum absolute atomic E-state index is 14.1. The maximum atomic E-state index is 14.1. The van der Waals surface area contributed by atoms with Crippen molar-refractivity contribution >= 4 is 11.8 Å². The Hall–Kier alpha value is -1.37. The molecule has 0 aliphatic heterocycles. The van der Waals surface area contributed by atoms with Crippen molar-refractivity contribution in [3.05, 3.63) is 41.3 Å². The first-order valence-electron chi connectivity index (χ1n) is 6.77. The van der Waals surface area contributed by atoms with E-state index in [1.807, 2.05) is 30.8 Å². The Bertz CT molecular complexity index is 601. The van der Waals surface area contributed by atoms with Gasteiger partial charge in [0.15, 0.2) is 0 Å². The summed E-state index contributed by atoms with van der Waals surface area (Å²) in [5.41, 5.74) is 1.63. The highest BCUT2D eigenvalue weighted by molar-refractivity contribution is 7.99. The summed E-state index contributed by atoms with van der Waals surface area (Å²) >= 11 is 1.53. The van der Waals surface area contributed by atoms with Gasteiger partial charge in [0.25, 0.3) is 0 Å². The Morgan fingerprint density at radius 3 is 2.90 bits per heavy atom. The van der Waals surface area contributed by atoms with E-state index in [9.17, 15) is 4.39 Å². The summed E-state index contributed by atoms with van der Waals surface area (Å²) in [6.07, 6.45) is 0. The van der Waals surface area contributed by atoms with Gasteiger partial charge in [0.05, 0.1) is 17.3 Å². The SMILES string of the molecule is COCCNCc1c(F)cccc1Sc1cc(C)nn1C. The van der Waals surface area contributed by atoms with Crippen molar-refractivity contribution in [2.45, 2.75) is 23.4 Å². The quantitative estimate of drug-likeness (QED) is 0.798. The lowest BCUT2D eigenvalue weighted by Gasteiger charge is -2.11. The molecule has 0 aliphatic carbocycles. The largest absolute Gasteiger partial charge is 0.383 e. The summed E-state index contributed by atoms with van der Waals surface area (Å²) in [5.74, 6) is -0.191. The van der Waals surface area contributed by atoms with Crippen LogP contribution < -0.4 is 5.32 Å². The number of aromatic nitrogens is 2. The first kappa shape index (κ1) is 16.0.